The quantitative estimate of drug-likeness (QED) is 0.612. The third-order valence-corrected chi connectivity index (χ3v) is 6.29. The Morgan fingerprint density at radius 3 is 2.86 bits per heavy atom. The molecule has 1 unspecified atom stereocenters. The molecule has 146 valence electrons. The summed E-state index contributed by atoms with van der Waals surface area (Å²) in [6, 6.07) is 9.28. The molecule has 2 aromatic heterocycles. The Bertz CT molecular complexity index is 1050. The third kappa shape index (κ3) is 3.77. The van der Waals surface area contributed by atoms with Gasteiger partial charge in [-0.25, -0.2) is 9.48 Å². The minimum absolute atomic E-state index is 0.125. The SMILES string of the molecule is Cc1nn(-c2ccccc2Cl)c2sc(C(=O)OCC(=O)NC(C)C3CC3)cc12. The lowest BCUT2D eigenvalue weighted by Crippen LogP contribution is -2.37. The fraction of sp³-hybridized carbons (Fsp3) is 0.350. The van der Waals surface area contributed by atoms with E-state index in [4.69, 9.17) is 16.3 Å². The number of esters is 1. The van der Waals surface area contributed by atoms with Crippen LogP contribution in [0.5, 0.6) is 0 Å². The molecule has 1 aliphatic carbocycles. The highest BCUT2D eigenvalue weighted by atomic mass is 35.5. The van der Waals surface area contributed by atoms with E-state index in [2.05, 4.69) is 10.4 Å². The number of aromatic nitrogens is 2. The number of fused-ring (bicyclic) bond motifs is 1. The maximum atomic E-state index is 12.4. The molecule has 1 atom stereocenters. The van der Waals surface area contributed by atoms with E-state index in [1.54, 1.807) is 16.8 Å². The van der Waals surface area contributed by atoms with Crippen molar-refractivity contribution in [3.63, 3.8) is 0 Å². The van der Waals surface area contributed by atoms with Crippen LogP contribution in [-0.2, 0) is 9.53 Å². The molecule has 0 spiro atoms. The summed E-state index contributed by atoms with van der Waals surface area (Å²) in [7, 11) is 0. The van der Waals surface area contributed by atoms with Crippen LogP contribution >= 0.6 is 22.9 Å². The number of halogens is 1. The van der Waals surface area contributed by atoms with E-state index in [0.717, 1.165) is 34.4 Å². The summed E-state index contributed by atoms with van der Waals surface area (Å²) in [5, 5.41) is 8.85. The van der Waals surface area contributed by atoms with Gasteiger partial charge in [-0.2, -0.15) is 5.10 Å². The summed E-state index contributed by atoms with van der Waals surface area (Å²) in [5.41, 5.74) is 1.54. The average Bonchev–Trinajstić information content (AvgIpc) is 3.36. The fourth-order valence-electron chi connectivity index (χ4n) is 3.15. The second kappa shape index (κ2) is 7.56. The van der Waals surface area contributed by atoms with Crippen molar-refractivity contribution >= 4 is 45.0 Å². The van der Waals surface area contributed by atoms with Crippen molar-refractivity contribution in [1.82, 2.24) is 15.1 Å². The largest absolute Gasteiger partial charge is 0.451 e. The van der Waals surface area contributed by atoms with Crippen LogP contribution in [0.15, 0.2) is 30.3 Å². The van der Waals surface area contributed by atoms with Crippen LogP contribution in [0.3, 0.4) is 0 Å². The fourth-order valence-corrected chi connectivity index (χ4v) is 4.43. The summed E-state index contributed by atoms with van der Waals surface area (Å²) in [4.78, 5) is 25.6. The van der Waals surface area contributed by atoms with Gasteiger partial charge in [0.15, 0.2) is 6.61 Å². The van der Waals surface area contributed by atoms with Crippen molar-refractivity contribution in [1.29, 1.82) is 0 Å². The van der Waals surface area contributed by atoms with Crippen LogP contribution in [0.4, 0.5) is 0 Å². The van der Waals surface area contributed by atoms with Gasteiger partial charge in [0.2, 0.25) is 0 Å². The molecule has 1 saturated carbocycles. The van der Waals surface area contributed by atoms with Crippen molar-refractivity contribution in [2.75, 3.05) is 6.61 Å². The summed E-state index contributed by atoms with van der Waals surface area (Å²) in [6.45, 7) is 3.58. The summed E-state index contributed by atoms with van der Waals surface area (Å²) >= 11 is 7.57. The predicted molar refractivity (Wildman–Crippen MR) is 109 cm³/mol. The Labute approximate surface area is 171 Å². The van der Waals surface area contributed by atoms with E-state index >= 15 is 0 Å². The lowest BCUT2D eigenvalue weighted by atomic mass is 10.2. The molecular weight excluding hydrogens is 398 g/mol. The standard InChI is InChI=1S/C20H20ClN3O3S/c1-11(13-7-8-13)22-18(25)10-27-20(26)17-9-14-12(2)23-24(19(14)28-17)16-6-4-3-5-15(16)21/h3-6,9,11,13H,7-8,10H2,1-2H3,(H,22,25). The molecule has 0 aliphatic heterocycles. The van der Waals surface area contributed by atoms with Crippen LogP contribution in [0.25, 0.3) is 15.9 Å². The van der Waals surface area contributed by atoms with E-state index in [0.29, 0.717) is 15.8 Å². The molecule has 1 fully saturated rings. The minimum atomic E-state index is -0.513. The van der Waals surface area contributed by atoms with Gasteiger partial charge < -0.3 is 10.1 Å². The number of benzene rings is 1. The number of thiophene rings is 1. The van der Waals surface area contributed by atoms with Crippen LogP contribution in [-0.4, -0.2) is 34.3 Å². The lowest BCUT2D eigenvalue weighted by molar-refractivity contribution is -0.124. The Morgan fingerprint density at radius 1 is 1.39 bits per heavy atom. The first-order valence-electron chi connectivity index (χ1n) is 9.14. The van der Waals surface area contributed by atoms with Gasteiger partial charge in [-0.05, 0) is 50.8 Å². The first kappa shape index (κ1) is 19.0. The number of nitrogens with zero attached hydrogens (tertiary/aromatic N) is 2. The zero-order valence-electron chi connectivity index (χ0n) is 15.6. The van der Waals surface area contributed by atoms with E-state index in [1.165, 1.54) is 11.3 Å². The first-order valence-corrected chi connectivity index (χ1v) is 10.3. The summed E-state index contributed by atoms with van der Waals surface area (Å²) in [5.74, 6) is -0.231. The molecule has 8 heteroatoms. The molecule has 4 rings (SSSR count). The van der Waals surface area contributed by atoms with Gasteiger partial charge in [-0.1, -0.05) is 23.7 Å². The van der Waals surface area contributed by atoms with Crippen molar-refractivity contribution in [3.05, 3.63) is 45.9 Å². The third-order valence-electron chi connectivity index (χ3n) is 4.88. The smallest absolute Gasteiger partial charge is 0.348 e. The molecule has 6 nitrogen and oxygen atoms in total. The first-order chi connectivity index (χ1) is 13.4. The summed E-state index contributed by atoms with van der Waals surface area (Å²) < 4.78 is 6.94. The van der Waals surface area contributed by atoms with Gasteiger partial charge in [0.25, 0.3) is 5.91 Å². The second-order valence-electron chi connectivity index (χ2n) is 7.05. The van der Waals surface area contributed by atoms with Crippen LogP contribution in [0, 0.1) is 12.8 Å². The number of hydrogen-bond donors (Lipinski definition) is 1. The average molecular weight is 418 g/mol. The zero-order valence-corrected chi connectivity index (χ0v) is 17.1. The van der Waals surface area contributed by atoms with E-state index in [-0.39, 0.29) is 18.6 Å². The number of ether oxygens (including phenoxy) is 1. The molecule has 3 aromatic rings. The van der Waals surface area contributed by atoms with E-state index in [9.17, 15) is 9.59 Å². The Morgan fingerprint density at radius 2 is 2.14 bits per heavy atom. The number of para-hydroxylation sites is 1. The molecule has 0 radical (unpaired) electrons. The topological polar surface area (TPSA) is 73.2 Å². The van der Waals surface area contributed by atoms with Gasteiger partial charge in [-0.3, -0.25) is 4.79 Å². The van der Waals surface area contributed by atoms with Crippen molar-refractivity contribution in [2.24, 2.45) is 5.92 Å². The number of aryl methyl sites for hydroxylation is 1. The summed E-state index contributed by atoms with van der Waals surface area (Å²) in [6.07, 6.45) is 2.29. The molecule has 1 aromatic carbocycles. The predicted octanol–water partition coefficient (Wildman–Crippen LogP) is 4.12. The zero-order chi connectivity index (χ0) is 19.8. The number of rotatable bonds is 6. The molecule has 28 heavy (non-hydrogen) atoms. The van der Waals surface area contributed by atoms with Crippen LogP contribution in [0.1, 0.15) is 35.1 Å². The van der Waals surface area contributed by atoms with E-state index in [1.807, 2.05) is 32.0 Å². The normalized spacial score (nSPS) is 14.8. The molecule has 1 aliphatic rings. The van der Waals surface area contributed by atoms with Gasteiger partial charge in [0.05, 0.1) is 16.4 Å². The Kier molecular flexibility index (Phi) is 5.12. The maximum absolute atomic E-state index is 12.4. The molecule has 0 saturated heterocycles. The second-order valence-corrected chi connectivity index (χ2v) is 8.49. The maximum Gasteiger partial charge on any atom is 0.348 e. The minimum Gasteiger partial charge on any atom is -0.451 e. The molecular formula is C20H20ClN3O3S. The number of nitrogens with one attached hydrogen (secondary N) is 1. The van der Waals surface area contributed by atoms with Crippen LogP contribution < -0.4 is 5.32 Å². The van der Waals surface area contributed by atoms with E-state index < -0.39 is 5.97 Å². The Balaban J connectivity index is 1.50. The van der Waals surface area contributed by atoms with Crippen molar-refractivity contribution < 1.29 is 14.3 Å². The molecule has 1 N–H and O–H groups in total. The molecule has 1 amide bonds. The number of carbonyl (C=O) groups excluding carboxylic acids is 2. The van der Waals surface area contributed by atoms with Gasteiger partial charge in [0.1, 0.15) is 9.71 Å². The highest BCUT2D eigenvalue weighted by Gasteiger charge is 2.29. The van der Waals surface area contributed by atoms with Gasteiger partial charge in [-0.15, -0.1) is 11.3 Å². The monoisotopic (exact) mass is 417 g/mol. The Hall–Kier alpha value is -2.38. The van der Waals surface area contributed by atoms with Crippen LogP contribution in [0.2, 0.25) is 5.02 Å². The van der Waals surface area contributed by atoms with Gasteiger partial charge >= 0.3 is 5.97 Å². The van der Waals surface area contributed by atoms with Gasteiger partial charge in [0, 0.05) is 11.4 Å². The highest BCUT2D eigenvalue weighted by Crippen LogP contribution is 2.33. The number of hydrogen-bond acceptors (Lipinski definition) is 5. The number of amides is 1. The van der Waals surface area contributed by atoms with Crippen molar-refractivity contribution in [3.8, 4) is 5.69 Å². The molecule has 0 bridgehead atoms. The lowest BCUT2D eigenvalue weighted by Gasteiger charge is -2.12. The molecule has 2 heterocycles. The van der Waals surface area contributed by atoms with Crippen molar-refractivity contribution in [2.45, 2.75) is 32.7 Å². The highest BCUT2D eigenvalue weighted by molar-refractivity contribution is 7.20. The number of carbonyl (C=O) groups is 2.